The van der Waals surface area contributed by atoms with Crippen molar-refractivity contribution in [3.63, 3.8) is 0 Å². The van der Waals surface area contributed by atoms with E-state index in [0.717, 1.165) is 4.47 Å². The molecule has 1 aliphatic rings. The molecule has 0 heterocycles. The van der Waals surface area contributed by atoms with Gasteiger partial charge in [0.1, 0.15) is 0 Å². The molecule has 0 fully saturated rings. The standard InChI is InChI=1S/C12H11BrO2S/c13-10-6-8-12(9-7-10)16(14,15)11-4-2-1-3-5-11/h1-4,6-9,11H,5H2. The molecule has 1 unspecified atom stereocenters. The number of hydrogen-bond acceptors (Lipinski definition) is 2. The van der Waals surface area contributed by atoms with Gasteiger partial charge in [0.15, 0.2) is 9.84 Å². The third-order valence-corrected chi connectivity index (χ3v) is 5.09. The van der Waals surface area contributed by atoms with Gasteiger partial charge in [0.25, 0.3) is 0 Å². The number of benzene rings is 1. The molecule has 0 saturated heterocycles. The Balaban J connectivity index is 2.35. The van der Waals surface area contributed by atoms with Crippen LogP contribution in [-0.4, -0.2) is 13.7 Å². The van der Waals surface area contributed by atoms with E-state index in [1.807, 2.05) is 12.2 Å². The Hall–Kier alpha value is -0.870. The highest BCUT2D eigenvalue weighted by Crippen LogP contribution is 2.23. The molecule has 0 amide bonds. The van der Waals surface area contributed by atoms with Crippen LogP contribution in [0, 0.1) is 0 Å². The number of allylic oxidation sites excluding steroid dienone is 3. The van der Waals surface area contributed by atoms with E-state index in [2.05, 4.69) is 15.9 Å². The molecule has 2 nitrogen and oxygen atoms in total. The quantitative estimate of drug-likeness (QED) is 0.841. The lowest BCUT2D eigenvalue weighted by molar-refractivity contribution is 0.588. The Morgan fingerprint density at radius 2 is 1.81 bits per heavy atom. The molecular formula is C12H11BrO2S. The summed E-state index contributed by atoms with van der Waals surface area (Å²) in [6, 6.07) is 6.75. The zero-order chi connectivity index (χ0) is 11.6. The summed E-state index contributed by atoms with van der Waals surface area (Å²) in [5.41, 5.74) is 0. The van der Waals surface area contributed by atoms with E-state index in [0.29, 0.717) is 11.3 Å². The van der Waals surface area contributed by atoms with Crippen molar-refractivity contribution in [3.05, 3.63) is 53.0 Å². The topological polar surface area (TPSA) is 34.1 Å². The largest absolute Gasteiger partial charge is 0.223 e. The van der Waals surface area contributed by atoms with Crippen molar-refractivity contribution in [1.29, 1.82) is 0 Å². The molecule has 84 valence electrons. The third-order valence-electron chi connectivity index (χ3n) is 2.48. The summed E-state index contributed by atoms with van der Waals surface area (Å²) in [7, 11) is -3.24. The van der Waals surface area contributed by atoms with E-state index >= 15 is 0 Å². The van der Waals surface area contributed by atoms with Crippen LogP contribution in [0.4, 0.5) is 0 Å². The number of halogens is 1. The molecule has 1 aromatic rings. The lowest BCUT2D eigenvalue weighted by Gasteiger charge is -2.14. The van der Waals surface area contributed by atoms with Crippen molar-refractivity contribution in [1.82, 2.24) is 0 Å². The van der Waals surface area contributed by atoms with Crippen molar-refractivity contribution >= 4 is 25.8 Å². The van der Waals surface area contributed by atoms with Gasteiger partial charge in [-0.25, -0.2) is 8.42 Å². The van der Waals surface area contributed by atoms with Crippen molar-refractivity contribution in [2.24, 2.45) is 0 Å². The zero-order valence-corrected chi connectivity index (χ0v) is 10.9. The highest BCUT2D eigenvalue weighted by atomic mass is 79.9. The SMILES string of the molecule is O=S(=O)(c1ccc(Br)cc1)C1C=CC=CC1. The Bertz CT molecular complexity index is 527. The summed E-state index contributed by atoms with van der Waals surface area (Å²) < 4.78 is 25.3. The van der Waals surface area contributed by atoms with E-state index in [4.69, 9.17) is 0 Å². The smallest absolute Gasteiger partial charge is 0.185 e. The Morgan fingerprint density at radius 1 is 1.12 bits per heavy atom. The molecule has 2 rings (SSSR count). The predicted molar refractivity (Wildman–Crippen MR) is 68.0 cm³/mol. The van der Waals surface area contributed by atoms with Gasteiger partial charge < -0.3 is 0 Å². The fourth-order valence-electron chi connectivity index (χ4n) is 1.59. The van der Waals surface area contributed by atoms with Crippen molar-refractivity contribution in [3.8, 4) is 0 Å². The second-order valence-electron chi connectivity index (χ2n) is 3.59. The minimum atomic E-state index is -3.24. The van der Waals surface area contributed by atoms with Crippen molar-refractivity contribution in [2.75, 3.05) is 0 Å². The van der Waals surface area contributed by atoms with Crippen LogP contribution in [-0.2, 0) is 9.84 Å². The van der Waals surface area contributed by atoms with Crippen molar-refractivity contribution < 1.29 is 8.42 Å². The Kier molecular flexibility index (Phi) is 3.30. The monoisotopic (exact) mass is 298 g/mol. The maximum Gasteiger partial charge on any atom is 0.185 e. The lowest BCUT2D eigenvalue weighted by Crippen LogP contribution is -2.19. The summed E-state index contributed by atoms with van der Waals surface area (Å²) in [4.78, 5) is 0.376. The molecule has 1 atom stereocenters. The maximum absolute atomic E-state index is 12.2. The second kappa shape index (κ2) is 4.55. The van der Waals surface area contributed by atoms with Gasteiger partial charge in [0.2, 0.25) is 0 Å². The third kappa shape index (κ3) is 2.28. The molecular weight excluding hydrogens is 288 g/mol. The summed E-state index contributed by atoms with van der Waals surface area (Å²) >= 11 is 3.29. The lowest BCUT2D eigenvalue weighted by atomic mass is 10.2. The molecule has 0 bridgehead atoms. The maximum atomic E-state index is 12.2. The van der Waals surface area contributed by atoms with Crippen molar-refractivity contribution in [2.45, 2.75) is 16.6 Å². The first-order chi connectivity index (χ1) is 7.60. The minimum absolute atomic E-state index is 0.376. The molecule has 0 spiro atoms. The Labute approximate surface area is 104 Å². The van der Waals surface area contributed by atoms with E-state index < -0.39 is 15.1 Å². The fraction of sp³-hybridized carbons (Fsp3) is 0.167. The normalized spacial score (nSPS) is 19.9. The highest BCUT2D eigenvalue weighted by Gasteiger charge is 2.24. The van der Waals surface area contributed by atoms with Gasteiger partial charge >= 0.3 is 0 Å². The molecule has 1 aliphatic carbocycles. The molecule has 0 saturated carbocycles. The van der Waals surface area contributed by atoms with E-state index in [-0.39, 0.29) is 0 Å². The molecule has 0 aromatic heterocycles. The summed E-state index contributed by atoms with van der Waals surface area (Å²) in [6.07, 6.45) is 7.81. The van der Waals surface area contributed by atoms with Crippen LogP contribution in [0.25, 0.3) is 0 Å². The van der Waals surface area contributed by atoms with Gasteiger partial charge in [0, 0.05) is 4.47 Å². The van der Waals surface area contributed by atoms with Crippen LogP contribution < -0.4 is 0 Å². The number of hydrogen-bond donors (Lipinski definition) is 0. The average Bonchev–Trinajstić information content (AvgIpc) is 2.31. The van der Waals surface area contributed by atoms with Gasteiger partial charge in [-0.15, -0.1) is 0 Å². The average molecular weight is 299 g/mol. The van der Waals surface area contributed by atoms with Gasteiger partial charge in [-0.05, 0) is 30.7 Å². The fourth-order valence-corrected chi connectivity index (χ4v) is 3.38. The molecule has 16 heavy (non-hydrogen) atoms. The van der Waals surface area contributed by atoms with Crippen LogP contribution in [0.3, 0.4) is 0 Å². The number of rotatable bonds is 2. The summed E-state index contributed by atoms with van der Waals surface area (Å²) in [5, 5.41) is -0.432. The van der Waals surface area contributed by atoms with Crippen LogP contribution in [0.2, 0.25) is 0 Å². The van der Waals surface area contributed by atoms with Gasteiger partial charge in [-0.3, -0.25) is 0 Å². The van der Waals surface area contributed by atoms with E-state index in [9.17, 15) is 8.42 Å². The molecule has 0 N–H and O–H groups in total. The van der Waals surface area contributed by atoms with Gasteiger partial charge in [-0.2, -0.15) is 0 Å². The first kappa shape index (κ1) is 11.6. The molecule has 1 aromatic carbocycles. The van der Waals surface area contributed by atoms with Gasteiger partial charge in [0.05, 0.1) is 10.1 Å². The van der Waals surface area contributed by atoms with Crippen LogP contribution in [0.15, 0.2) is 57.9 Å². The highest BCUT2D eigenvalue weighted by molar-refractivity contribution is 9.10. The first-order valence-electron chi connectivity index (χ1n) is 4.93. The first-order valence-corrected chi connectivity index (χ1v) is 7.27. The molecule has 0 radical (unpaired) electrons. The number of sulfone groups is 1. The zero-order valence-electron chi connectivity index (χ0n) is 8.51. The van der Waals surface area contributed by atoms with Gasteiger partial charge in [-0.1, -0.05) is 40.2 Å². The van der Waals surface area contributed by atoms with Crippen LogP contribution >= 0.6 is 15.9 Å². The molecule has 4 heteroatoms. The predicted octanol–water partition coefficient (Wildman–Crippen LogP) is 3.11. The van der Waals surface area contributed by atoms with Crippen LogP contribution in [0.1, 0.15) is 6.42 Å². The van der Waals surface area contributed by atoms with E-state index in [1.54, 1.807) is 36.4 Å². The van der Waals surface area contributed by atoms with Crippen LogP contribution in [0.5, 0.6) is 0 Å². The second-order valence-corrected chi connectivity index (χ2v) is 6.67. The summed E-state index contributed by atoms with van der Waals surface area (Å²) in [6.45, 7) is 0. The molecule has 0 aliphatic heterocycles. The summed E-state index contributed by atoms with van der Waals surface area (Å²) in [5.74, 6) is 0. The van der Waals surface area contributed by atoms with E-state index in [1.165, 1.54) is 0 Å². The minimum Gasteiger partial charge on any atom is -0.223 e. The Morgan fingerprint density at radius 3 is 2.38 bits per heavy atom.